The number of hydrogen-bond donors (Lipinski definition) is 0. The fourth-order valence-corrected chi connectivity index (χ4v) is 5.15. The van der Waals surface area contributed by atoms with Crippen LogP contribution in [0.25, 0.3) is 0 Å². The topological polar surface area (TPSA) is 27.7 Å². The molecule has 0 aromatic heterocycles. The van der Waals surface area contributed by atoms with Crippen molar-refractivity contribution in [2.24, 2.45) is 0 Å². The Morgan fingerprint density at radius 3 is 1.86 bits per heavy atom. The van der Waals surface area contributed by atoms with Crippen molar-refractivity contribution in [3.8, 4) is 0 Å². The lowest BCUT2D eigenvalue weighted by molar-refractivity contribution is -0.104. The standard InChI is InChI=1S/C23H49BrO3Si/c1-5-7-9-10-11-13-17-21-25-23(19-15-8-6-2)27-28(3,4)26-22-18-14-12-16-20-24/h23H,5-22H2,1-4H3. The Balaban J connectivity index is 4.05. The van der Waals surface area contributed by atoms with Crippen LogP contribution in [0.15, 0.2) is 0 Å². The van der Waals surface area contributed by atoms with E-state index in [4.69, 9.17) is 13.6 Å². The first-order valence-corrected chi connectivity index (χ1v) is 16.0. The van der Waals surface area contributed by atoms with E-state index in [1.54, 1.807) is 0 Å². The molecule has 1 atom stereocenters. The van der Waals surface area contributed by atoms with Gasteiger partial charge < -0.3 is 13.6 Å². The van der Waals surface area contributed by atoms with Crippen molar-refractivity contribution >= 4 is 24.5 Å². The maximum atomic E-state index is 6.36. The Morgan fingerprint density at radius 1 is 0.679 bits per heavy atom. The minimum Gasteiger partial charge on any atom is -0.394 e. The summed E-state index contributed by atoms with van der Waals surface area (Å²) in [7, 11) is -2.12. The second kappa shape index (κ2) is 20.8. The molecule has 0 aromatic rings. The quantitative estimate of drug-likeness (QED) is 0.0673. The van der Waals surface area contributed by atoms with Crippen LogP contribution < -0.4 is 0 Å². The molecule has 0 aliphatic carbocycles. The van der Waals surface area contributed by atoms with Gasteiger partial charge in [-0.05, 0) is 45.2 Å². The monoisotopic (exact) mass is 480 g/mol. The molecule has 0 saturated heterocycles. The van der Waals surface area contributed by atoms with Crippen LogP contribution in [-0.2, 0) is 13.6 Å². The lowest BCUT2D eigenvalue weighted by Gasteiger charge is -2.29. The van der Waals surface area contributed by atoms with Crippen molar-refractivity contribution in [1.82, 2.24) is 0 Å². The maximum Gasteiger partial charge on any atom is 0.333 e. The number of halogens is 1. The summed E-state index contributed by atoms with van der Waals surface area (Å²) in [5.74, 6) is 0. The van der Waals surface area contributed by atoms with Gasteiger partial charge in [0.05, 0.1) is 0 Å². The molecule has 0 aliphatic heterocycles. The zero-order valence-electron chi connectivity index (χ0n) is 19.4. The summed E-state index contributed by atoms with van der Waals surface area (Å²) < 4.78 is 18.7. The maximum absolute atomic E-state index is 6.36. The highest BCUT2D eigenvalue weighted by molar-refractivity contribution is 9.09. The van der Waals surface area contributed by atoms with Crippen molar-refractivity contribution in [1.29, 1.82) is 0 Å². The van der Waals surface area contributed by atoms with Crippen LogP contribution in [0.3, 0.4) is 0 Å². The fourth-order valence-electron chi connectivity index (χ4n) is 3.23. The highest BCUT2D eigenvalue weighted by Crippen LogP contribution is 2.18. The van der Waals surface area contributed by atoms with E-state index >= 15 is 0 Å². The molecule has 28 heavy (non-hydrogen) atoms. The van der Waals surface area contributed by atoms with Gasteiger partial charge in [0.15, 0.2) is 0 Å². The molecule has 0 saturated carbocycles. The van der Waals surface area contributed by atoms with E-state index in [-0.39, 0.29) is 6.29 Å². The number of hydrogen-bond acceptors (Lipinski definition) is 3. The molecule has 5 heteroatoms. The van der Waals surface area contributed by atoms with E-state index < -0.39 is 8.56 Å². The van der Waals surface area contributed by atoms with Gasteiger partial charge in [0.25, 0.3) is 0 Å². The first-order valence-electron chi connectivity index (χ1n) is 12.0. The van der Waals surface area contributed by atoms with Crippen molar-refractivity contribution in [2.75, 3.05) is 18.5 Å². The minimum atomic E-state index is -2.12. The van der Waals surface area contributed by atoms with Crippen molar-refractivity contribution < 1.29 is 13.6 Å². The molecule has 0 rings (SSSR count). The van der Waals surface area contributed by atoms with Gasteiger partial charge in [-0.3, -0.25) is 0 Å². The predicted octanol–water partition coefficient (Wildman–Crippen LogP) is 8.35. The Morgan fingerprint density at radius 2 is 1.21 bits per heavy atom. The van der Waals surface area contributed by atoms with E-state index in [0.717, 1.165) is 37.8 Å². The van der Waals surface area contributed by atoms with E-state index in [1.807, 2.05) is 0 Å². The van der Waals surface area contributed by atoms with E-state index in [0.29, 0.717) is 0 Å². The number of unbranched alkanes of at least 4 members (excludes halogenated alkanes) is 11. The summed E-state index contributed by atoms with van der Waals surface area (Å²) in [6.07, 6.45) is 18.7. The van der Waals surface area contributed by atoms with Gasteiger partial charge in [-0.25, -0.2) is 0 Å². The zero-order chi connectivity index (χ0) is 20.9. The fraction of sp³-hybridized carbons (Fsp3) is 1.00. The number of alkyl halides is 1. The first-order chi connectivity index (χ1) is 13.6. The van der Waals surface area contributed by atoms with Gasteiger partial charge in [-0.2, -0.15) is 0 Å². The molecule has 0 spiro atoms. The van der Waals surface area contributed by atoms with Gasteiger partial charge in [-0.1, -0.05) is 94.0 Å². The van der Waals surface area contributed by atoms with Gasteiger partial charge in [0, 0.05) is 18.5 Å². The molecule has 0 radical (unpaired) electrons. The highest BCUT2D eigenvalue weighted by atomic mass is 79.9. The first kappa shape index (κ1) is 28.6. The molecule has 1 unspecified atom stereocenters. The van der Waals surface area contributed by atoms with Gasteiger partial charge in [0.2, 0.25) is 0 Å². The summed E-state index contributed by atoms with van der Waals surface area (Å²) in [5, 5.41) is 1.10. The second-order valence-electron chi connectivity index (χ2n) is 8.39. The molecule has 0 heterocycles. The largest absolute Gasteiger partial charge is 0.394 e. The Labute approximate surface area is 186 Å². The molecule has 0 aliphatic rings. The second-order valence-corrected chi connectivity index (χ2v) is 12.5. The molecule has 170 valence electrons. The molecular formula is C23H49BrO3Si. The Kier molecular flexibility index (Phi) is 21.3. The van der Waals surface area contributed by atoms with Gasteiger partial charge in [-0.15, -0.1) is 0 Å². The van der Waals surface area contributed by atoms with Crippen LogP contribution in [0, 0.1) is 0 Å². The van der Waals surface area contributed by atoms with Crippen LogP contribution >= 0.6 is 15.9 Å². The van der Waals surface area contributed by atoms with Crippen LogP contribution in [-0.4, -0.2) is 33.4 Å². The SMILES string of the molecule is CCCCCCCCCOC(CCCCC)O[Si](C)(C)OCCCCCCBr. The third-order valence-corrected chi connectivity index (χ3v) is 7.28. The van der Waals surface area contributed by atoms with Gasteiger partial charge in [0.1, 0.15) is 6.29 Å². The normalized spacial score (nSPS) is 13.2. The Bertz CT molecular complexity index is 316. The lowest BCUT2D eigenvalue weighted by atomic mass is 10.1. The third kappa shape index (κ3) is 19.9. The summed E-state index contributed by atoms with van der Waals surface area (Å²) >= 11 is 3.49. The average Bonchev–Trinajstić information content (AvgIpc) is 2.66. The summed E-state index contributed by atoms with van der Waals surface area (Å²) in [6, 6.07) is 0. The van der Waals surface area contributed by atoms with E-state index in [1.165, 1.54) is 77.0 Å². The molecular weight excluding hydrogens is 432 g/mol. The van der Waals surface area contributed by atoms with Gasteiger partial charge >= 0.3 is 8.56 Å². The summed E-state index contributed by atoms with van der Waals surface area (Å²) in [4.78, 5) is 0. The van der Waals surface area contributed by atoms with E-state index in [9.17, 15) is 0 Å². The van der Waals surface area contributed by atoms with Crippen molar-refractivity contribution in [3.63, 3.8) is 0 Å². The Hall–Kier alpha value is 0.577. The molecule has 0 bridgehead atoms. The molecule has 0 amide bonds. The van der Waals surface area contributed by atoms with Crippen molar-refractivity contribution in [3.05, 3.63) is 0 Å². The van der Waals surface area contributed by atoms with E-state index in [2.05, 4.69) is 42.9 Å². The smallest absolute Gasteiger partial charge is 0.333 e. The lowest BCUT2D eigenvalue weighted by Crippen LogP contribution is -2.40. The number of ether oxygens (including phenoxy) is 1. The van der Waals surface area contributed by atoms with Crippen LogP contribution in [0.5, 0.6) is 0 Å². The highest BCUT2D eigenvalue weighted by Gasteiger charge is 2.29. The molecule has 3 nitrogen and oxygen atoms in total. The molecule has 0 N–H and O–H groups in total. The molecule has 0 fully saturated rings. The molecule has 0 aromatic carbocycles. The average molecular weight is 482 g/mol. The van der Waals surface area contributed by atoms with Crippen LogP contribution in [0.1, 0.15) is 110 Å². The number of rotatable bonds is 22. The van der Waals surface area contributed by atoms with Crippen LogP contribution in [0.4, 0.5) is 0 Å². The summed E-state index contributed by atoms with van der Waals surface area (Å²) in [5.41, 5.74) is 0. The van der Waals surface area contributed by atoms with Crippen LogP contribution in [0.2, 0.25) is 13.1 Å². The van der Waals surface area contributed by atoms with Crippen molar-refractivity contribution in [2.45, 2.75) is 130 Å². The third-order valence-electron chi connectivity index (χ3n) is 4.99. The minimum absolute atomic E-state index is 0.0818. The summed E-state index contributed by atoms with van der Waals surface area (Å²) in [6.45, 7) is 10.5. The predicted molar refractivity (Wildman–Crippen MR) is 129 cm³/mol. The zero-order valence-corrected chi connectivity index (χ0v) is 22.0.